The molecule has 5 nitrogen and oxygen atoms in total. The van der Waals surface area contributed by atoms with Gasteiger partial charge in [-0.3, -0.25) is 9.78 Å². The SMILES string of the molecule is C.O=C1N(Cc2ccc(C(F)(F)F)cn2)CC2(CCN(CCc3ccccc3)CC2)OC12CC2. The van der Waals surface area contributed by atoms with Crippen molar-refractivity contribution < 1.29 is 22.7 Å². The number of carbonyl (C=O) groups is 1. The number of alkyl halides is 3. The number of halogens is 3. The molecule has 2 spiro atoms. The second-order valence-electron chi connectivity index (χ2n) is 9.55. The summed E-state index contributed by atoms with van der Waals surface area (Å²) < 4.78 is 45.0. The Hall–Kier alpha value is -2.45. The highest BCUT2D eigenvalue weighted by Crippen LogP contribution is 2.50. The maximum absolute atomic E-state index is 13.1. The van der Waals surface area contributed by atoms with Crippen LogP contribution in [0.5, 0.6) is 0 Å². The number of benzene rings is 1. The van der Waals surface area contributed by atoms with Crippen LogP contribution in [0, 0.1) is 0 Å². The third-order valence-electron chi connectivity index (χ3n) is 7.10. The van der Waals surface area contributed by atoms with E-state index in [-0.39, 0.29) is 25.5 Å². The largest absolute Gasteiger partial charge is 0.417 e. The molecule has 0 radical (unpaired) electrons. The number of likely N-dealkylation sites (tertiary alicyclic amines) is 1. The van der Waals surface area contributed by atoms with E-state index in [1.807, 2.05) is 6.07 Å². The van der Waals surface area contributed by atoms with Crippen LogP contribution in [-0.2, 0) is 28.7 Å². The fraction of sp³-hybridized carbons (Fsp3) is 0.538. The van der Waals surface area contributed by atoms with Crippen molar-refractivity contribution >= 4 is 5.91 Å². The first-order chi connectivity index (χ1) is 15.8. The summed E-state index contributed by atoms with van der Waals surface area (Å²) in [5, 5.41) is 0. The average molecular weight is 476 g/mol. The number of piperidine rings is 1. The number of amides is 1. The summed E-state index contributed by atoms with van der Waals surface area (Å²) in [5.74, 6) is -0.0543. The Morgan fingerprint density at radius 2 is 1.71 bits per heavy atom. The molecule has 0 atom stereocenters. The quantitative estimate of drug-likeness (QED) is 0.629. The van der Waals surface area contributed by atoms with Crippen molar-refractivity contribution in [2.45, 2.75) is 63.5 Å². The van der Waals surface area contributed by atoms with Gasteiger partial charge in [0.05, 0.1) is 29.9 Å². The maximum atomic E-state index is 13.1. The number of aromatic nitrogens is 1. The molecule has 1 saturated carbocycles. The molecular weight excluding hydrogens is 443 g/mol. The van der Waals surface area contributed by atoms with Gasteiger partial charge in [-0.2, -0.15) is 13.2 Å². The summed E-state index contributed by atoms with van der Waals surface area (Å²) in [4.78, 5) is 21.2. The van der Waals surface area contributed by atoms with Gasteiger partial charge in [-0.05, 0) is 49.8 Å². The standard InChI is InChI=1S/C25H28F3N3O2.CH4/c26-25(27,28)20-6-7-21(29-16-20)17-31-18-23(33-24(9-10-24)22(31)32)11-14-30(15-12-23)13-8-19-4-2-1-3-5-19;/h1-7,16H,8-15,17-18H2;1H4. The Bertz CT molecular complexity index is 983. The van der Waals surface area contributed by atoms with Gasteiger partial charge in [0.2, 0.25) is 0 Å². The smallest absolute Gasteiger partial charge is 0.357 e. The van der Waals surface area contributed by atoms with Crippen molar-refractivity contribution in [1.82, 2.24) is 14.8 Å². The van der Waals surface area contributed by atoms with Gasteiger partial charge in [0, 0.05) is 25.8 Å². The number of hydrogen-bond donors (Lipinski definition) is 0. The third-order valence-corrected chi connectivity index (χ3v) is 7.10. The van der Waals surface area contributed by atoms with Crippen LogP contribution < -0.4 is 0 Å². The lowest BCUT2D eigenvalue weighted by Gasteiger charge is -2.50. The lowest BCUT2D eigenvalue weighted by Crippen LogP contribution is -2.62. The third kappa shape index (κ3) is 5.13. The van der Waals surface area contributed by atoms with Crippen LogP contribution in [0.3, 0.4) is 0 Å². The first-order valence-corrected chi connectivity index (χ1v) is 11.6. The molecule has 34 heavy (non-hydrogen) atoms. The zero-order valence-corrected chi connectivity index (χ0v) is 18.5. The van der Waals surface area contributed by atoms with Gasteiger partial charge in [-0.1, -0.05) is 37.8 Å². The highest BCUT2D eigenvalue weighted by molar-refractivity contribution is 5.89. The minimum atomic E-state index is -4.42. The van der Waals surface area contributed by atoms with Crippen LogP contribution >= 0.6 is 0 Å². The number of carbonyl (C=O) groups excluding carboxylic acids is 1. The monoisotopic (exact) mass is 475 g/mol. The summed E-state index contributed by atoms with van der Waals surface area (Å²) in [7, 11) is 0. The van der Waals surface area contributed by atoms with Gasteiger partial charge in [-0.25, -0.2) is 0 Å². The Kier molecular flexibility index (Phi) is 6.75. The molecule has 0 unspecified atom stereocenters. The molecule has 184 valence electrons. The van der Waals surface area contributed by atoms with Gasteiger partial charge >= 0.3 is 6.18 Å². The molecule has 1 aromatic heterocycles. The highest BCUT2D eigenvalue weighted by Gasteiger charge is 2.61. The lowest BCUT2D eigenvalue weighted by atomic mass is 9.87. The first-order valence-electron chi connectivity index (χ1n) is 11.6. The molecule has 0 bridgehead atoms. The minimum Gasteiger partial charge on any atom is -0.357 e. The molecule has 2 aromatic rings. The van der Waals surface area contributed by atoms with Crippen LogP contribution in [0.25, 0.3) is 0 Å². The van der Waals surface area contributed by atoms with Crippen molar-refractivity contribution in [1.29, 1.82) is 0 Å². The second kappa shape index (κ2) is 9.30. The second-order valence-corrected chi connectivity index (χ2v) is 9.55. The molecule has 0 N–H and O–H groups in total. The fourth-order valence-corrected chi connectivity index (χ4v) is 5.01. The molecule has 3 fully saturated rings. The van der Waals surface area contributed by atoms with Crippen molar-refractivity contribution in [3.63, 3.8) is 0 Å². The molecule has 8 heteroatoms. The normalized spacial score (nSPS) is 21.5. The van der Waals surface area contributed by atoms with Crippen LogP contribution in [0.2, 0.25) is 0 Å². The summed E-state index contributed by atoms with van der Waals surface area (Å²) in [5.41, 5.74) is -0.123. The van der Waals surface area contributed by atoms with Gasteiger partial charge in [-0.15, -0.1) is 0 Å². The minimum absolute atomic E-state index is 0. The van der Waals surface area contributed by atoms with Crippen molar-refractivity contribution in [3.8, 4) is 0 Å². The fourth-order valence-electron chi connectivity index (χ4n) is 5.01. The zero-order valence-electron chi connectivity index (χ0n) is 18.5. The molecule has 5 rings (SSSR count). The van der Waals surface area contributed by atoms with Gasteiger partial charge in [0.15, 0.2) is 0 Å². The van der Waals surface area contributed by atoms with E-state index >= 15 is 0 Å². The van der Waals surface area contributed by atoms with E-state index in [4.69, 9.17) is 4.74 Å². The van der Waals surface area contributed by atoms with Gasteiger partial charge in [0.25, 0.3) is 5.91 Å². The van der Waals surface area contributed by atoms with E-state index in [0.717, 1.165) is 51.2 Å². The topological polar surface area (TPSA) is 45.7 Å². The maximum Gasteiger partial charge on any atom is 0.417 e. The Balaban J connectivity index is 0.00000274. The number of hydrogen-bond acceptors (Lipinski definition) is 4. The Labute approximate surface area is 198 Å². The van der Waals surface area contributed by atoms with E-state index in [2.05, 4.69) is 34.1 Å². The average Bonchev–Trinajstić information content (AvgIpc) is 3.57. The number of ether oxygens (including phenoxy) is 1. The molecule has 1 aromatic carbocycles. The lowest BCUT2D eigenvalue weighted by molar-refractivity contribution is -0.201. The van der Waals surface area contributed by atoms with Crippen LogP contribution in [-0.4, -0.2) is 58.1 Å². The zero-order chi connectivity index (χ0) is 23.1. The number of nitrogens with zero attached hydrogens (tertiary/aromatic N) is 3. The van der Waals surface area contributed by atoms with Gasteiger partial charge in [0.1, 0.15) is 5.60 Å². The molecule has 2 saturated heterocycles. The van der Waals surface area contributed by atoms with Crippen LogP contribution in [0.4, 0.5) is 13.2 Å². The number of pyridine rings is 1. The molecule has 3 aliphatic rings. The van der Waals surface area contributed by atoms with Crippen molar-refractivity contribution in [2.75, 3.05) is 26.2 Å². The first kappa shape index (κ1) is 24.7. The molecular formula is C26H32F3N3O2. The summed E-state index contributed by atoms with van der Waals surface area (Å²) in [6.07, 6.45) is 0.528. The van der Waals surface area contributed by atoms with E-state index in [0.29, 0.717) is 25.1 Å². The summed E-state index contributed by atoms with van der Waals surface area (Å²) >= 11 is 0. The van der Waals surface area contributed by atoms with E-state index in [9.17, 15) is 18.0 Å². The highest BCUT2D eigenvalue weighted by atomic mass is 19.4. The van der Waals surface area contributed by atoms with Crippen LogP contribution in [0.1, 0.15) is 49.9 Å². The van der Waals surface area contributed by atoms with Gasteiger partial charge < -0.3 is 14.5 Å². The summed E-state index contributed by atoms with van der Waals surface area (Å²) in [6, 6.07) is 12.8. The van der Waals surface area contributed by atoms with Crippen molar-refractivity contribution in [2.24, 2.45) is 0 Å². The van der Waals surface area contributed by atoms with Crippen LogP contribution in [0.15, 0.2) is 48.7 Å². The summed E-state index contributed by atoms with van der Waals surface area (Å²) in [6.45, 7) is 3.47. The predicted molar refractivity (Wildman–Crippen MR) is 123 cm³/mol. The van der Waals surface area contributed by atoms with E-state index in [1.165, 1.54) is 11.6 Å². The van der Waals surface area contributed by atoms with E-state index < -0.39 is 17.3 Å². The number of rotatable bonds is 5. The molecule has 1 aliphatic carbocycles. The predicted octanol–water partition coefficient (Wildman–Crippen LogP) is 4.71. The Morgan fingerprint density at radius 1 is 1.00 bits per heavy atom. The Morgan fingerprint density at radius 3 is 2.29 bits per heavy atom. The number of morpholine rings is 1. The molecule has 3 heterocycles. The van der Waals surface area contributed by atoms with Crippen molar-refractivity contribution in [3.05, 3.63) is 65.5 Å². The molecule has 1 amide bonds. The van der Waals surface area contributed by atoms with E-state index in [1.54, 1.807) is 4.90 Å². The molecule has 2 aliphatic heterocycles.